The number of quaternary nitrogens is 1. The summed E-state index contributed by atoms with van der Waals surface area (Å²) in [6.45, 7) is 7.98. The van der Waals surface area contributed by atoms with E-state index in [2.05, 4.69) is 65.2 Å². The summed E-state index contributed by atoms with van der Waals surface area (Å²) in [4.78, 5) is 0. The highest BCUT2D eigenvalue weighted by molar-refractivity contribution is 5.20. The van der Waals surface area contributed by atoms with Gasteiger partial charge in [-0.05, 0) is 24.5 Å². The summed E-state index contributed by atoms with van der Waals surface area (Å²) in [6, 6.07) is 21.3. The molecule has 0 amide bonds. The minimum Gasteiger partial charge on any atom is -0.491 e. The lowest BCUT2D eigenvalue weighted by atomic mass is 9.96. The number of rotatable bonds is 14. The van der Waals surface area contributed by atoms with Crippen molar-refractivity contribution >= 4 is 0 Å². The van der Waals surface area contributed by atoms with E-state index in [0.717, 1.165) is 16.2 Å². The molecule has 0 bridgehead atoms. The van der Waals surface area contributed by atoms with E-state index in [1.54, 1.807) is 0 Å². The van der Waals surface area contributed by atoms with Gasteiger partial charge in [0.05, 0.1) is 20.7 Å². The van der Waals surface area contributed by atoms with Gasteiger partial charge in [0, 0.05) is 18.9 Å². The van der Waals surface area contributed by atoms with Crippen LogP contribution in [0.25, 0.3) is 0 Å². The molecule has 0 heterocycles. The van der Waals surface area contributed by atoms with Gasteiger partial charge in [0.25, 0.3) is 0 Å². The molecule has 0 radical (unpaired) electrons. The summed E-state index contributed by atoms with van der Waals surface area (Å²) in [5.74, 6) is 1.69. The van der Waals surface area contributed by atoms with Crippen LogP contribution in [-0.4, -0.2) is 38.0 Å². The molecule has 0 fully saturated rings. The number of ether oxygens (including phenoxy) is 2. The molecule has 2 atom stereocenters. The van der Waals surface area contributed by atoms with Gasteiger partial charge in [-0.15, -0.1) is 0 Å². The number of benzene rings is 2. The largest absolute Gasteiger partial charge is 0.491 e. The Balaban J connectivity index is 1.91. The predicted molar refractivity (Wildman–Crippen MR) is 127 cm³/mol. The standard InChI is InChI=1S/C27H42NO2/c1-23(2)15-9-6-14-20-27(25-16-10-7-11-17-25)28(4,5)24(3)29-21-22-30-26-18-12-8-13-19-26/h7-8,10-13,16-19,23-24,27H,6,9,14-15,20-22H2,1-5H3/q+1. The van der Waals surface area contributed by atoms with Crippen LogP contribution in [0.15, 0.2) is 60.7 Å². The van der Waals surface area contributed by atoms with Crippen LogP contribution in [-0.2, 0) is 4.74 Å². The average Bonchev–Trinajstić information content (AvgIpc) is 2.74. The van der Waals surface area contributed by atoms with E-state index < -0.39 is 0 Å². The molecule has 2 rings (SSSR count). The topological polar surface area (TPSA) is 18.5 Å². The van der Waals surface area contributed by atoms with Gasteiger partial charge in [-0.2, -0.15) is 0 Å². The van der Waals surface area contributed by atoms with E-state index >= 15 is 0 Å². The van der Waals surface area contributed by atoms with Crippen LogP contribution < -0.4 is 4.74 Å². The zero-order valence-corrected chi connectivity index (χ0v) is 19.7. The summed E-state index contributed by atoms with van der Waals surface area (Å²) >= 11 is 0. The molecule has 2 unspecified atom stereocenters. The number of unbranched alkanes of at least 4 members (excludes halogenated alkanes) is 2. The molecule has 2 aromatic rings. The Bertz CT molecular complexity index is 685. The molecule has 0 N–H and O–H groups in total. The zero-order chi connectivity index (χ0) is 21.8. The lowest BCUT2D eigenvalue weighted by Crippen LogP contribution is -2.51. The van der Waals surface area contributed by atoms with E-state index in [-0.39, 0.29) is 6.23 Å². The van der Waals surface area contributed by atoms with Crippen molar-refractivity contribution in [3.8, 4) is 5.75 Å². The fourth-order valence-corrected chi connectivity index (χ4v) is 3.97. The highest BCUT2D eigenvalue weighted by atomic mass is 16.5. The number of para-hydroxylation sites is 1. The summed E-state index contributed by atoms with van der Waals surface area (Å²) in [5.41, 5.74) is 1.40. The van der Waals surface area contributed by atoms with Crippen molar-refractivity contribution in [2.45, 2.75) is 65.1 Å². The highest BCUT2D eigenvalue weighted by Gasteiger charge is 2.35. The quantitative estimate of drug-likeness (QED) is 0.192. The molecule has 3 nitrogen and oxygen atoms in total. The van der Waals surface area contributed by atoms with Gasteiger partial charge in [0.1, 0.15) is 18.4 Å². The Morgan fingerprint density at radius 1 is 0.733 bits per heavy atom. The van der Waals surface area contributed by atoms with Crippen molar-refractivity contribution < 1.29 is 14.0 Å². The minimum atomic E-state index is 0.0882. The van der Waals surface area contributed by atoms with E-state index in [1.807, 2.05) is 30.3 Å². The summed E-state index contributed by atoms with van der Waals surface area (Å²) in [6.07, 6.45) is 6.50. The van der Waals surface area contributed by atoms with Crippen LogP contribution >= 0.6 is 0 Å². The molecule has 0 aliphatic carbocycles. The van der Waals surface area contributed by atoms with Crippen LogP contribution in [0.3, 0.4) is 0 Å². The van der Waals surface area contributed by atoms with Crippen LogP contribution in [0.5, 0.6) is 5.75 Å². The monoisotopic (exact) mass is 412 g/mol. The van der Waals surface area contributed by atoms with Crippen molar-refractivity contribution in [3.63, 3.8) is 0 Å². The third-order valence-electron chi connectivity index (χ3n) is 6.14. The highest BCUT2D eigenvalue weighted by Crippen LogP contribution is 2.33. The smallest absolute Gasteiger partial charge is 0.190 e. The van der Waals surface area contributed by atoms with Gasteiger partial charge in [-0.25, -0.2) is 0 Å². The molecule has 3 heteroatoms. The fraction of sp³-hybridized carbons (Fsp3) is 0.556. The summed E-state index contributed by atoms with van der Waals surface area (Å²) in [5, 5.41) is 0. The van der Waals surface area contributed by atoms with Gasteiger partial charge in [0.2, 0.25) is 0 Å². The Morgan fingerprint density at radius 2 is 1.33 bits per heavy atom. The van der Waals surface area contributed by atoms with E-state index in [0.29, 0.717) is 19.3 Å². The third kappa shape index (κ3) is 8.12. The second kappa shape index (κ2) is 12.8. The SMILES string of the molecule is CC(C)CCCCCC(c1ccccc1)[N+](C)(C)C(C)OCCOc1ccccc1. The first-order valence-corrected chi connectivity index (χ1v) is 11.6. The molecule has 0 aliphatic rings. The Morgan fingerprint density at radius 3 is 1.97 bits per heavy atom. The lowest BCUT2D eigenvalue weighted by molar-refractivity contribution is -0.964. The van der Waals surface area contributed by atoms with Crippen LogP contribution in [0.1, 0.15) is 64.5 Å². The van der Waals surface area contributed by atoms with Crippen molar-refractivity contribution in [3.05, 3.63) is 66.2 Å². The molecule has 0 aromatic heterocycles. The normalized spacial score (nSPS) is 13.9. The third-order valence-corrected chi connectivity index (χ3v) is 6.14. The molecular weight excluding hydrogens is 370 g/mol. The Labute approximate surface area is 184 Å². The molecule has 0 aliphatic heterocycles. The minimum absolute atomic E-state index is 0.0882. The maximum Gasteiger partial charge on any atom is 0.190 e. The average molecular weight is 413 g/mol. The van der Waals surface area contributed by atoms with Gasteiger partial charge < -0.3 is 9.47 Å². The van der Waals surface area contributed by atoms with E-state index in [4.69, 9.17) is 9.47 Å². The van der Waals surface area contributed by atoms with Crippen molar-refractivity contribution in [1.82, 2.24) is 0 Å². The number of hydrogen-bond acceptors (Lipinski definition) is 2. The summed E-state index contributed by atoms with van der Waals surface area (Å²) in [7, 11) is 4.60. The maximum absolute atomic E-state index is 6.24. The number of nitrogens with zero attached hydrogens (tertiary/aromatic N) is 1. The predicted octanol–water partition coefficient (Wildman–Crippen LogP) is 6.85. The van der Waals surface area contributed by atoms with Gasteiger partial charge >= 0.3 is 0 Å². The van der Waals surface area contributed by atoms with Crippen molar-refractivity contribution in [2.24, 2.45) is 5.92 Å². The molecule has 0 saturated carbocycles. The molecule has 2 aromatic carbocycles. The van der Waals surface area contributed by atoms with Crippen LogP contribution in [0, 0.1) is 5.92 Å². The van der Waals surface area contributed by atoms with Gasteiger partial charge in [0.15, 0.2) is 6.23 Å². The van der Waals surface area contributed by atoms with Crippen LogP contribution in [0.4, 0.5) is 0 Å². The van der Waals surface area contributed by atoms with Gasteiger partial charge in [-0.3, -0.25) is 4.48 Å². The molecule has 30 heavy (non-hydrogen) atoms. The first kappa shape index (κ1) is 24.4. The molecular formula is C27H42NO2+. The first-order valence-electron chi connectivity index (χ1n) is 11.6. The second-order valence-electron chi connectivity index (χ2n) is 9.22. The van der Waals surface area contributed by atoms with Crippen molar-refractivity contribution in [1.29, 1.82) is 0 Å². The van der Waals surface area contributed by atoms with E-state index in [9.17, 15) is 0 Å². The Hall–Kier alpha value is -1.84. The first-order chi connectivity index (χ1) is 14.4. The molecule has 166 valence electrons. The summed E-state index contributed by atoms with van der Waals surface area (Å²) < 4.78 is 12.8. The molecule has 0 spiro atoms. The Kier molecular flexibility index (Phi) is 10.4. The van der Waals surface area contributed by atoms with E-state index in [1.165, 1.54) is 37.7 Å². The molecule has 0 saturated heterocycles. The second-order valence-corrected chi connectivity index (χ2v) is 9.22. The fourth-order valence-electron chi connectivity index (χ4n) is 3.97. The lowest BCUT2D eigenvalue weighted by Gasteiger charge is -2.42. The van der Waals surface area contributed by atoms with Gasteiger partial charge in [-0.1, -0.05) is 81.6 Å². The van der Waals surface area contributed by atoms with Crippen molar-refractivity contribution in [2.75, 3.05) is 27.3 Å². The van der Waals surface area contributed by atoms with Crippen LogP contribution in [0.2, 0.25) is 0 Å². The maximum atomic E-state index is 6.24. The zero-order valence-electron chi connectivity index (χ0n) is 19.7. The number of hydrogen-bond donors (Lipinski definition) is 0.